The van der Waals surface area contributed by atoms with Gasteiger partial charge in [-0.2, -0.15) is 0 Å². The summed E-state index contributed by atoms with van der Waals surface area (Å²) in [7, 11) is 1.80. The Morgan fingerprint density at radius 3 is 2.76 bits per heavy atom. The monoisotopic (exact) mass is 492 g/mol. The van der Waals surface area contributed by atoms with E-state index in [1.807, 2.05) is 12.1 Å². The van der Waals surface area contributed by atoms with E-state index in [1.165, 1.54) is 10.4 Å². The lowest BCUT2D eigenvalue weighted by molar-refractivity contribution is 0.218. The minimum Gasteiger partial charge on any atom is -0.323 e. The minimum absolute atomic E-state index is 0.0586. The van der Waals surface area contributed by atoms with Gasteiger partial charge in [0, 0.05) is 28.6 Å². The number of hydrogen-bond donors (Lipinski definition) is 1. The number of carbonyl (C=O) groups is 1. The molecule has 1 aliphatic rings. The lowest BCUT2D eigenvalue weighted by atomic mass is 10.0. The van der Waals surface area contributed by atoms with Crippen LogP contribution in [0.15, 0.2) is 32.5 Å². The zero-order valence-electron chi connectivity index (χ0n) is 11.0. The Hall–Kier alpha value is -0.370. The zero-order chi connectivity index (χ0) is 15.1. The molecule has 2 aromatic rings. The first-order chi connectivity index (χ1) is 9.95. The Bertz CT molecular complexity index is 697. The normalized spacial score (nSPS) is 15.6. The van der Waals surface area contributed by atoms with Crippen LogP contribution >= 0.6 is 59.1 Å². The number of hydrogen-bond acceptors (Lipinski definition) is 2. The molecule has 0 fully saturated rings. The summed E-state index contributed by atoms with van der Waals surface area (Å²) in [5.74, 6) is 0. The summed E-state index contributed by atoms with van der Waals surface area (Å²) >= 11 is 12.5. The van der Waals surface area contributed by atoms with Gasteiger partial charge in [-0.05, 0) is 55.1 Å². The van der Waals surface area contributed by atoms with E-state index in [-0.39, 0.29) is 10.9 Å². The molecule has 0 radical (unpaired) electrons. The van der Waals surface area contributed by atoms with Gasteiger partial charge < -0.3 is 10.2 Å². The summed E-state index contributed by atoms with van der Waals surface area (Å²) in [5, 5.41) is 2.89. The first-order valence-corrected chi connectivity index (χ1v) is 9.51. The number of benzene rings is 1. The van der Waals surface area contributed by atoms with Crippen LogP contribution in [-0.4, -0.2) is 18.0 Å². The molecule has 1 aromatic heterocycles. The second-order valence-electron chi connectivity index (χ2n) is 4.84. The van der Waals surface area contributed by atoms with Gasteiger partial charge in [0.05, 0.1) is 8.61 Å². The molecule has 0 saturated heterocycles. The van der Waals surface area contributed by atoms with Crippen molar-refractivity contribution in [3.05, 3.63) is 48.5 Å². The van der Waals surface area contributed by atoms with E-state index < -0.39 is 0 Å². The highest BCUT2D eigenvalue weighted by Gasteiger charge is 2.21. The number of urea groups is 1. The summed E-state index contributed by atoms with van der Waals surface area (Å²) in [6.07, 6.45) is 0. The van der Waals surface area contributed by atoms with Gasteiger partial charge in [-0.25, -0.2) is 4.79 Å². The quantitative estimate of drug-likeness (QED) is 0.531. The maximum absolute atomic E-state index is 11.6. The molecule has 1 atom stereocenters. The number of nitrogens with one attached hydrogen (secondary N) is 1. The fraction of sp³-hybridized carbons (Fsp3) is 0.214. The number of nitrogens with zero attached hydrogens (tertiary/aromatic N) is 1. The van der Waals surface area contributed by atoms with Crippen molar-refractivity contribution in [2.24, 2.45) is 0 Å². The van der Waals surface area contributed by atoms with E-state index in [9.17, 15) is 4.79 Å². The molecule has 2 heterocycles. The van der Waals surface area contributed by atoms with E-state index in [4.69, 9.17) is 0 Å². The van der Waals surface area contributed by atoms with Crippen molar-refractivity contribution in [1.82, 2.24) is 4.90 Å². The van der Waals surface area contributed by atoms with Gasteiger partial charge in [0.2, 0.25) is 0 Å². The van der Waals surface area contributed by atoms with E-state index in [0.29, 0.717) is 6.54 Å². The van der Waals surface area contributed by atoms with Gasteiger partial charge in [0.25, 0.3) is 0 Å². The third-order valence-corrected chi connectivity index (χ3v) is 7.98. The average molecular weight is 495 g/mol. The predicted molar refractivity (Wildman–Crippen MR) is 97.4 cm³/mol. The van der Waals surface area contributed by atoms with Crippen molar-refractivity contribution in [2.45, 2.75) is 11.4 Å². The van der Waals surface area contributed by atoms with Crippen LogP contribution in [0.1, 0.15) is 20.8 Å². The Labute approximate surface area is 152 Å². The zero-order valence-corrected chi connectivity index (χ0v) is 16.6. The van der Waals surface area contributed by atoms with Crippen LogP contribution in [-0.2, 0) is 6.54 Å². The van der Waals surface area contributed by atoms with Crippen molar-refractivity contribution in [1.29, 1.82) is 0 Å². The lowest BCUT2D eigenvalue weighted by Gasteiger charge is -2.26. The highest BCUT2D eigenvalue weighted by Crippen LogP contribution is 2.42. The van der Waals surface area contributed by atoms with Crippen LogP contribution in [0.3, 0.4) is 0 Å². The predicted octanol–water partition coefficient (Wildman–Crippen LogP) is 5.73. The number of halogens is 3. The number of rotatable bonds is 2. The summed E-state index contributed by atoms with van der Waals surface area (Å²) in [6.45, 7) is 0.632. The van der Waals surface area contributed by atoms with Crippen LogP contribution < -0.4 is 5.32 Å². The average Bonchev–Trinajstić information content (AvgIpc) is 2.79. The topological polar surface area (TPSA) is 32.3 Å². The Morgan fingerprint density at radius 1 is 1.33 bits per heavy atom. The third kappa shape index (κ3) is 3.06. The van der Waals surface area contributed by atoms with Crippen LogP contribution in [0.25, 0.3) is 0 Å². The SMILES string of the molecule is CN1Cc2cc(C(Br)c3cc(Br)c(Br)s3)ccc2NC1=O. The molecular weight excluding hydrogens is 484 g/mol. The first-order valence-electron chi connectivity index (χ1n) is 6.19. The Kier molecular flexibility index (Phi) is 4.45. The molecule has 0 aliphatic carbocycles. The maximum atomic E-state index is 11.6. The van der Waals surface area contributed by atoms with Crippen LogP contribution in [0.5, 0.6) is 0 Å². The largest absolute Gasteiger partial charge is 0.323 e. The molecule has 3 nitrogen and oxygen atoms in total. The van der Waals surface area contributed by atoms with Gasteiger partial charge >= 0.3 is 6.03 Å². The molecule has 110 valence electrons. The molecule has 0 spiro atoms. The summed E-state index contributed by atoms with van der Waals surface area (Å²) in [4.78, 5) is 14.7. The fourth-order valence-electron chi connectivity index (χ4n) is 2.21. The number of alkyl halides is 1. The van der Waals surface area contributed by atoms with Gasteiger partial charge in [-0.1, -0.05) is 28.1 Å². The maximum Gasteiger partial charge on any atom is 0.321 e. The minimum atomic E-state index is -0.0586. The second-order valence-corrected chi connectivity index (χ2v) is 9.01. The summed E-state index contributed by atoms with van der Waals surface area (Å²) in [5.41, 5.74) is 3.21. The summed E-state index contributed by atoms with van der Waals surface area (Å²) in [6, 6.07) is 8.22. The number of fused-ring (bicyclic) bond motifs is 1. The number of anilines is 1. The smallest absolute Gasteiger partial charge is 0.321 e. The fourth-order valence-corrected chi connectivity index (χ4v) is 5.01. The van der Waals surface area contributed by atoms with Gasteiger partial charge in [-0.3, -0.25) is 0 Å². The van der Waals surface area contributed by atoms with Crippen molar-refractivity contribution in [3.8, 4) is 0 Å². The highest BCUT2D eigenvalue weighted by molar-refractivity contribution is 9.13. The van der Waals surface area contributed by atoms with Crippen molar-refractivity contribution in [3.63, 3.8) is 0 Å². The van der Waals surface area contributed by atoms with Gasteiger partial charge in [0.15, 0.2) is 0 Å². The molecule has 0 saturated carbocycles. The number of thiophene rings is 1. The molecule has 7 heteroatoms. The molecule has 2 amide bonds. The molecule has 1 aromatic carbocycles. The molecule has 21 heavy (non-hydrogen) atoms. The molecular formula is C14H11Br3N2OS. The first kappa shape index (κ1) is 15.5. The molecule has 1 unspecified atom stereocenters. The van der Waals surface area contributed by atoms with Crippen molar-refractivity contribution in [2.75, 3.05) is 12.4 Å². The van der Waals surface area contributed by atoms with Gasteiger partial charge in [-0.15, -0.1) is 11.3 Å². The Morgan fingerprint density at radius 2 is 2.10 bits per heavy atom. The van der Waals surface area contributed by atoms with Crippen molar-refractivity contribution >= 4 is 70.8 Å². The second kappa shape index (κ2) is 6.02. The van der Waals surface area contributed by atoms with E-state index in [0.717, 1.165) is 19.5 Å². The van der Waals surface area contributed by atoms with E-state index in [1.54, 1.807) is 23.3 Å². The van der Waals surface area contributed by atoms with Crippen LogP contribution in [0, 0.1) is 0 Å². The van der Waals surface area contributed by atoms with E-state index >= 15 is 0 Å². The standard InChI is InChI=1S/C14H11Br3N2OS/c1-19-6-8-4-7(2-3-10(8)18-14(19)20)12(16)11-5-9(15)13(17)21-11/h2-5,12H,6H2,1H3,(H,18,20). The molecule has 1 aliphatic heterocycles. The van der Waals surface area contributed by atoms with Crippen LogP contribution in [0.2, 0.25) is 0 Å². The number of amides is 2. The van der Waals surface area contributed by atoms with Crippen molar-refractivity contribution < 1.29 is 4.79 Å². The molecule has 1 N–H and O–H groups in total. The lowest BCUT2D eigenvalue weighted by Crippen LogP contribution is -2.35. The van der Waals surface area contributed by atoms with Gasteiger partial charge in [0.1, 0.15) is 0 Å². The molecule has 0 bridgehead atoms. The Balaban J connectivity index is 1.93. The number of carbonyl (C=O) groups excluding carboxylic acids is 1. The molecule has 3 rings (SSSR count). The van der Waals surface area contributed by atoms with Crippen LogP contribution in [0.4, 0.5) is 10.5 Å². The highest BCUT2D eigenvalue weighted by atomic mass is 79.9. The third-order valence-electron chi connectivity index (χ3n) is 3.33. The van der Waals surface area contributed by atoms with E-state index in [2.05, 4.69) is 65.2 Å². The summed E-state index contributed by atoms with van der Waals surface area (Å²) < 4.78 is 2.16.